The van der Waals surface area contributed by atoms with Gasteiger partial charge in [-0.25, -0.2) is 0 Å². The molecule has 1 amide bonds. The van der Waals surface area contributed by atoms with E-state index in [2.05, 4.69) is 5.32 Å². The lowest BCUT2D eigenvalue weighted by atomic mass is 10.1. The highest BCUT2D eigenvalue weighted by molar-refractivity contribution is 5.96. The SMILES string of the molecule is O=C(COC(=O)Cc1coc2cc(O)ccc12)Nc1ccc2ccccc2c1. The summed E-state index contributed by atoms with van der Waals surface area (Å²) in [6.45, 7) is -0.373. The van der Waals surface area contributed by atoms with Crippen LogP contribution in [0.1, 0.15) is 5.56 Å². The average Bonchev–Trinajstić information content (AvgIpc) is 3.08. The van der Waals surface area contributed by atoms with Crippen molar-refractivity contribution in [2.75, 3.05) is 11.9 Å². The average molecular weight is 375 g/mol. The van der Waals surface area contributed by atoms with Gasteiger partial charge >= 0.3 is 5.97 Å². The molecule has 0 bridgehead atoms. The van der Waals surface area contributed by atoms with Crippen molar-refractivity contribution in [2.45, 2.75) is 6.42 Å². The van der Waals surface area contributed by atoms with Gasteiger partial charge in [0.15, 0.2) is 6.61 Å². The third-order valence-electron chi connectivity index (χ3n) is 4.37. The van der Waals surface area contributed by atoms with Gasteiger partial charge in [0, 0.05) is 22.7 Å². The number of phenols is 1. The summed E-state index contributed by atoms with van der Waals surface area (Å²) in [6.07, 6.45) is 1.42. The molecule has 0 aliphatic heterocycles. The molecule has 6 nitrogen and oxygen atoms in total. The van der Waals surface area contributed by atoms with Crippen LogP contribution in [0.2, 0.25) is 0 Å². The van der Waals surface area contributed by atoms with Crippen molar-refractivity contribution in [2.24, 2.45) is 0 Å². The number of esters is 1. The summed E-state index contributed by atoms with van der Waals surface area (Å²) in [7, 11) is 0. The number of fused-ring (bicyclic) bond motifs is 2. The number of benzene rings is 3. The summed E-state index contributed by atoms with van der Waals surface area (Å²) >= 11 is 0. The highest BCUT2D eigenvalue weighted by Crippen LogP contribution is 2.25. The Hall–Kier alpha value is -3.80. The Morgan fingerprint density at radius 2 is 1.82 bits per heavy atom. The van der Waals surface area contributed by atoms with Gasteiger partial charge in [-0.05, 0) is 35.0 Å². The van der Waals surface area contributed by atoms with E-state index < -0.39 is 11.9 Å². The molecule has 0 radical (unpaired) electrons. The predicted molar refractivity (Wildman–Crippen MR) is 105 cm³/mol. The maximum Gasteiger partial charge on any atom is 0.310 e. The predicted octanol–water partition coefficient (Wildman–Crippen LogP) is 4.02. The van der Waals surface area contributed by atoms with Crippen LogP contribution < -0.4 is 5.32 Å². The van der Waals surface area contributed by atoms with Gasteiger partial charge in [-0.3, -0.25) is 9.59 Å². The number of furan rings is 1. The van der Waals surface area contributed by atoms with E-state index in [1.165, 1.54) is 18.4 Å². The minimum Gasteiger partial charge on any atom is -0.508 e. The van der Waals surface area contributed by atoms with Crippen LogP contribution in [0.15, 0.2) is 71.3 Å². The van der Waals surface area contributed by atoms with Gasteiger partial charge in [-0.15, -0.1) is 0 Å². The lowest BCUT2D eigenvalue weighted by Crippen LogP contribution is -2.21. The molecule has 1 heterocycles. The van der Waals surface area contributed by atoms with Gasteiger partial charge in [0.1, 0.15) is 11.3 Å². The van der Waals surface area contributed by atoms with Crippen molar-refractivity contribution in [3.63, 3.8) is 0 Å². The monoisotopic (exact) mass is 375 g/mol. The fourth-order valence-electron chi connectivity index (χ4n) is 3.03. The normalized spacial score (nSPS) is 10.9. The summed E-state index contributed by atoms with van der Waals surface area (Å²) in [6, 6.07) is 18.1. The van der Waals surface area contributed by atoms with E-state index in [1.807, 2.05) is 36.4 Å². The van der Waals surface area contributed by atoms with E-state index in [1.54, 1.807) is 12.1 Å². The summed E-state index contributed by atoms with van der Waals surface area (Å²) in [5.74, 6) is -0.864. The molecular formula is C22H17NO5. The molecule has 2 N–H and O–H groups in total. The molecule has 3 aromatic carbocycles. The zero-order valence-corrected chi connectivity index (χ0v) is 14.8. The van der Waals surface area contributed by atoms with Crippen LogP contribution in [0.25, 0.3) is 21.7 Å². The zero-order valence-electron chi connectivity index (χ0n) is 14.8. The van der Waals surface area contributed by atoms with E-state index in [0.717, 1.165) is 16.2 Å². The molecule has 4 rings (SSSR count). The maximum absolute atomic E-state index is 12.1. The summed E-state index contributed by atoms with van der Waals surface area (Å²) in [5, 5.41) is 15.0. The number of amides is 1. The maximum atomic E-state index is 12.1. The number of anilines is 1. The fraction of sp³-hybridized carbons (Fsp3) is 0.0909. The molecule has 0 aliphatic carbocycles. The molecular weight excluding hydrogens is 358 g/mol. The molecule has 0 fully saturated rings. The highest BCUT2D eigenvalue weighted by atomic mass is 16.5. The number of phenolic OH excluding ortho intramolecular Hbond substituents is 1. The topological polar surface area (TPSA) is 88.8 Å². The lowest BCUT2D eigenvalue weighted by Gasteiger charge is -2.07. The Morgan fingerprint density at radius 3 is 2.68 bits per heavy atom. The van der Waals surface area contributed by atoms with Gasteiger partial charge in [0.2, 0.25) is 0 Å². The first-order valence-electron chi connectivity index (χ1n) is 8.72. The number of hydrogen-bond donors (Lipinski definition) is 2. The molecule has 1 aromatic heterocycles. The van der Waals surface area contributed by atoms with E-state index in [4.69, 9.17) is 9.15 Å². The smallest absolute Gasteiger partial charge is 0.310 e. The summed E-state index contributed by atoms with van der Waals surface area (Å²) in [4.78, 5) is 24.1. The van der Waals surface area contributed by atoms with Crippen molar-refractivity contribution in [1.29, 1.82) is 0 Å². The number of aromatic hydroxyl groups is 1. The molecule has 140 valence electrons. The lowest BCUT2D eigenvalue weighted by molar-refractivity contribution is -0.146. The second-order valence-electron chi connectivity index (χ2n) is 6.39. The minimum absolute atomic E-state index is 0.0268. The van der Waals surface area contributed by atoms with E-state index >= 15 is 0 Å². The van der Waals surface area contributed by atoms with Crippen LogP contribution in [0.3, 0.4) is 0 Å². The molecule has 0 saturated heterocycles. The van der Waals surface area contributed by atoms with Crippen molar-refractivity contribution < 1.29 is 23.8 Å². The molecule has 6 heteroatoms. The fourth-order valence-corrected chi connectivity index (χ4v) is 3.03. The Bertz CT molecular complexity index is 1180. The van der Waals surface area contributed by atoms with Crippen molar-refractivity contribution in [3.8, 4) is 5.75 Å². The Labute approximate surface area is 160 Å². The summed E-state index contributed by atoms with van der Waals surface area (Å²) in [5.41, 5.74) is 1.76. The number of nitrogens with one attached hydrogen (secondary N) is 1. The van der Waals surface area contributed by atoms with Gasteiger partial charge in [0.25, 0.3) is 5.91 Å². The second-order valence-corrected chi connectivity index (χ2v) is 6.39. The van der Waals surface area contributed by atoms with Gasteiger partial charge in [-0.2, -0.15) is 0 Å². The molecule has 0 atom stereocenters. The first-order chi connectivity index (χ1) is 13.6. The quantitative estimate of drug-likeness (QED) is 0.515. The molecule has 0 unspecified atom stereocenters. The first-order valence-corrected chi connectivity index (χ1v) is 8.72. The van der Waals surface area contributed by atoms with E-state index in [9.17, 15) is 14.7 Å². The molecule has 4 aromatic rings. The van der Waals surface area contributed by atoms with Crippen molar-refractivity contribution >= 4 is 39.3 Å². The third kappa shape index (κ3) is 3.81. The summed E-state index contributed by atoms with van der Waals surface area (Å²) < 4.78 is 10.4. The van der Waals surface area contributed by atoms with Crippen LogP contribution in [-0.2, 0) is 20.7 Å². The third-order valence-corrected chi connectivity index (χ3v) is 4.37. The largest absolute Gasteiger partial charge is 0.508 e. The van der Waals surface area contributed by atoms with Crippen LogP contribution >= 0.6 is 0 Å². The van der Waals surface area contributed by atoms with Crippen molar-refractivity contribution in [1.82, 2.24) is 0 Å². The Balaban J connectivity index is 1.34. The minimum atomic E-state index is -0.538. The zero-order chi connectivity index (χ0) is 19.5. The van der Waals surface area contributed by atoms with Crippen LogP contribution in [-0.4, -0.2) is 23.6 Å². The highest BCUT2D eigenvalue weighted by Gasteiger charge is 2.13. The molecule has 0 aliphatic rings. The molecule has 28 heavy (non-hydrogen) atoms. The number of ether oxygens (including phenoxy) is 1. The second kappa shape index (κ2) is 7.44. The number of hydrogen-bond acceptors (Lipinski definition) is 5. The Morgan fingerprint density at radius 1 is 1.00 bits per heavy atom. The molecule has 0 saturated carbocycles. The van der Waals surface area contributed by atoms with E-state index in [0.29, 0.717) is 16.8 Å². The van der Waals surface area contributed by atoms with E-state index in [-0.39, 0.29) is 18.8 Å². The van der Waals surface area contributed by atoms with Gasteiger partial charge in [0.05, 0.1) is 12.7 Å². The standard InChI is InChI=1S/C22H17NO5/c24-18-7-8-19-16(12-27-20(19)11-18)10-22(26)28-13-21(25)23-17-6-5-14-3-1-2-4-15(14)9-17/h1-9,11-12,24H,10,13H2,(H,23,25). The number of carbonyl (C=O) groups is 2. The van der Waals surface area contributed by atoms with Crippen molar-refractivity contribution in [3.05, 3.63) is 72.5 Å². The van der Waals surface area contributed by atoms with Crippen LogP contribution in [0, 0.1) is 0 Å². The number of carbonyl (C=O) groups excluding carboxylic acids is 2. The first kappa shape index (κ1) is 17.6. The van der Waals surface area contributed by atoms with Gasteiger partial charge in [-0.1, -0.05) is 30.3 Å². The number of rotatable bonds is 5. The Kier molecular flexibility index (Phi) is 4.68. The molecule has 0 spiro atoms. The van der Waals surface area contributed by atoms with Gasteiger partial charge < -0.3 is 19.6 Å². The van der Waals surface area contributed by atoms with Crippen LogP contribution in [0.5, 0.6) is 5.75 Å². The van der Waals surface area contributed by atoms with Crippen LogP contribution in [0.4, 0.5) is 5.69 Å².